The Kier molecular flexibility index (Phi) is 6.70. The van der Waals surface area contributed by atoms with Crippen LogP contribution < -0.4 is 5.32 Å². The van der Waals surface area contributed by atoms with Crippen molar-refractivity contribution in [1.82, 2.24) is 20.0 Å². The predicted octanol–water partition coefficient (Wildman–Crippen LogP) is 2.04. The zero-order valence-corrected chi connectivity index (χ0v) is 15.5. The van der Waals surface area contributed by atoms with Crippen molar-refractivity contribution >= 4 is 6.03 Å². The van der Waals surface area contributed by atoms with Crippen molar-refractivity contribution in [3.8, 4) is 0 Å². The van der Waals surface area contributed by atoms with E-state index in [0.717, 1.165) is 45.6 Å². The summed E-state index contributed by atoms with van der Waals surface area (Å²) in [7, 11) is 2.20. The second kappa shape index (κ2) is 9.20. The van der Waals surface area contributed by atoms with Crippen LogP contribution in [0.5, 0.6) is 0 Å². The summed E-state index contributed by atoms with van der Waals surface area (Å²) in [6.45, 7) is 6.91. The number of hydrogen-bond donors (Lipinski definition) is 1. The molecule has 0 bridgehead atoms. The highest BCUT2D eigenvalue weighted by atomic mass is 16.2. The molecule has 5 heteroatoms. The van der Waals surface area contributed by atoms with Gasteiger partial charge in [0, 0.05) is 38.8 Å². The predicted molar refractivity (Wildman–Crippen MR) is 102 cm³/mol. The maximum atomic E-state index is 12.3. The monoisotopic (exact) mass is 344 g/mol. The van der Waals surface area contributed by atoms with Crippen molar-refractivity contribution in [1.29, 1.82) is 0 Å². The third-order valence-electron chi connectivity index (χ3n) is 5.57. The average molecular weight is 345 g/mol. The molecular weight excluding hydrogens is 312 g/mol. The van der Waals surface area contributed by atoms with Gasteiger partial charge in [0.2, 0.25) is 0 Å². The fraction of sp³-hybridized carbons (Fsp3) is 0.650. The van der Waals surface area contributed by atoms with E-state index in [9.17, 15) is 4.79 Å². The number of rotatable bonds is 5. The number of nitrogens with one attached hydrogen (secondary N) is 1. The molecule has 5 nitrogen and oxygen atoms in total. The summed E-state index contributed by atoms with van der Waals surface area (Å²) in [5, 5.41) is 3.08. The smallest absolute Gasteiger partial charge is 0.317 e. The maximum Gasteiger partial charge on any atom is 0.317 e. The highest BCUT2D eigenvalue weighted by Gasteiger charge is 2.27. The van der Waals surface area contributed by atoms with Crippen LogP contribution in [0.15, 0.2) is 30.3 Å². The molecule has 0 atom stereocenters. The highest BCUT2D eigenvalue weighted by molar-refractivity contribution is 5.74. The molecule has 0 aliphatic carbocycles. The summed E-state index contributed by atoms with van der Waals surface area (Å²) < 4.78 is 0. The van der Waals surface area contributed by atoms with Crippen LogP contribution in [-0.4, -0.2) is 79.6 Å². The van der Waals surface area contributed by atoms with Gasteiger partial charge < -0.3 is 15.1 Å². The third kappa shape index (κ3) is 5.44. The molecule has 2 fully saturated rings. The molecule has 0 spiro atoms. The molecule has 2 aliphatic rings. The largest absolute Gasteiger partial charge is 0.338 e. The lowest BCUT2D eigenvalue weighted by atomic mass is 10.0. The quantitative estimate of drug-likeness (QED) is 0.831. The first kappa shape index (κ1) is 18.2. The molecule has 2 aliphatic heterocycles. The van der Waals surface area contributed by atoms with E-state index in [1.165, 1.54) is 31.5 Å². The van der Waals surface area contributed by atoms with Gasteiger partial charge in [0.1, 0.15) is 0 Å². The van der Waals surface area contributed by atoms with Crippen molar-refractivity contribution in [3.05, 3.63) is 35.9 Å². The lowest BCUT2D eigenvalue weighted by Crippen LogP contribution is -2.55. The lowest BCUT2D eigenvalue weighted by molar-refractivity contribution is 0.0750. The SMILES string of the molecule is CN1CCC(N2CCN(C(=O)NCCCc3ccccc3)CC2)CC1. The molecule has 1 aromatic carbocycles. The zero-order valence-electron chi connectivity index (χ0n) is 15.5. The molecule has 0 aromatic heterocycles. The van der Waals surface area contributed by atoms with Crippen LogP contribution in [0, 0.1) is 0 Å². The van der Waals surface area contributed by atoms with Gasteiger partial charge in [0.15, 0.2) is 0 Å². The van der Waals surface area contributed by atoms with E-state index in [-0.39, 0.29) is 6.03 Å². The van der Waals surface area contributed by atoms with E-state index in [2.05, 4.69) is 46.4 Å². The standard InChI is InChI=1S/C20H32N4O/c1-22-12-9-19(10-13-22)23-14-16-24(17-15-23)20(25)21-11-5-8-18-6-3-2-4-7-18/h2-4,6-7,19H,5,8-17H2,1H3,(H,21,25). The van der Waals surface area contributed by atoms with Gasteiger partial charge in [0.05, 0.1) is 0 Å². The minimum atomic E-state index is 0.107. The van der Waals surface area contributed by atoms with Crippen molar-refractivity contribution in [2.45, 2.75) is 31.7 Å². The first-order valence-electron chi connectivity index (χ1n) is 9.71. The van der Waals surface area contributed by atoms with E-state index < -0.39 is 0 Å². The first-order chi connectivity index (χ1) is 12.2. The summed E-state index contributed by atoms with van der Waals surface area (Å²) in [5.74, 6) is 0. The van der Waals surface area contributed by atoms with Crippen LogP contribution >= 0.6 is 0 Å². The zero-order chi connectivity index (χ0) is 17.5. The second-order valence-electron chi connectivity index (χ2n) is 7.38. The van der Waals surface area contributed by atoms with Crippen molar-refractivity contribution in [2.75, 3.05) is 52.9 Å². The lowest BCUT2D eigenvalue weighted by Gasteiger charge is -2.42. The number of carbonyl (C=O) groups excluding carboxylic acids is 1. The van der Waals surface area contributed by atoms with E-state index in [4.69, 9.17) is 0 Å². The van der Waals surface area contributed by atoms with Crippen LogP contribution in [0.2, 0.25) is 0 Å². The van der Waals surface area contributed by atoms with Gasteiger partial charge in [0.25, 0.3) is 0 Å². The Labute approximate surface area is 152 Å². The van der Waals surface area contributed by atoms with Gasteiger partial charge >= 0.3 is 6.03 Å². The fourth-order valence-corrected chi connectivity index (χ4v) is 3.89. The Morgan fingerprint density at radius 3 is 2.40 bits per heavy atom. The molecule has 1 aromatic rings. The summed E-state index contributed by atoms with van der Waals surface area (Å²) in [5.41, 5.74) is 1.34. The first-order valence-corrected chi connectivity index (χ1v) is 9.71. The van der Waals surface area contributed by atoms with Gasteiger partial charge in [-0.2, -0.15) is 0 Å². The molecule has 2 saturated heterocycles. The van der Waals surface area contributed by atoms with Crippen LogP contribution in [0.3, 0.4) is 0 Å². The summed E-state index contributed by atoms with van der Waals surface area (Å²) in [6.07, 6.45) is 4.54. The highest BCUT2D eigenvalue weighted by Crippen LogP contribution is 2.17. The van der Waals surface area contributed by atoms with Crippen LogP contribution in [-0.2, 0) is 6.42 Å². The molecule has 25 heavy (non-hydrogen) atoms. The maximum absolute atomic E-state index is 12.3. The van der Waals surface area contributed by atoms with E-state index in [1.807, 2.05) is 11.0 Å². The third-order valence-corrected chi connectivity index (χ3v) is 5.57. The van der Waals surface area contributed by atoms with Crippen molar-refractivity contribution in [2.24, 2.45) is 0 Å². The van der Waals surface area contributed by atoms with Crippen LogP contribution in [0.4, 0.5) is 4.79 Å². The summed E-state index contributed by atoms with van der Waals surface area (Å²) >= 11 is 0. The number of carbonyl (C=O) groups is 1. The fourth-order valence-electron chi connectivity index (χ4n) is 3.89. The number of hydrogen-bond acceptors (Lipinski definition) is 3. The molecule has 3 rings (SSSR count). The van der Waals surface area contributed by atoms with E-state index in [1.54, 1.807) is 0 Å². The molecule has 2 amide bonds. The van der Waals surface area contributed by atoms with Crippen molar-refractivity contribution in [3.63, 3.8) is 0 Å². The van der Waals surface area contributed by atoms with Gasteiger partial charge in [-0.1, -0.05) is 30.3 Å². The molecule has 0 radical (unpaired) electrons. The van der Waals surface area contributed by atoms with Crippen LogP contribution in [0.1, 0.15) is 24.8 Å². The van der Waals surface area contributed by atoms with Crippen molar-refractivity contribution < 1.29 is 4.79 Å². The molecule has 0 unspecified atom stereocenters. The number of likely N-dealkylation sites (tertiary alicyclic amines) is 1. The van der Waals surface area contributed by atoms with Crippen LogP contribution in [0.25, 0.3) is 0 Å². The Morgan fingerprint density at radius 2 is 1.72 bits per heavy atom. The summed E-state index contributed by atoms with van der Waals surface area (Å²) in [4.78, 5) is 19.3. The number of nitrogens with zero attached hydrogens (tertiary/aromatic N) is 3. The molecule has 0 saturated carbocycles. The Morgan fingerprint density at radius 1 is 1.04 bits per heavy atom. The minimum absolute atomic E-state index is 0.107. The Hall–Kier alpha value is -1.59. The molecule has 1 N–H and O–H groups in total. The topological polar surface area (TPSA) is 38.8 Å². The van der Waals surface area contributed by atoms with Gasteiger partial charge in [-0.3, -0.25) is 4.90 Å². The van der Waals surface area contributed by atoms with Gasteiger partial charge in [-0.25, -0.2) is 4.79 Å². The molecule has 2 heterocycles. The van der Waals surface area contributed by atoms with E-state index in [0.29, 0.717) is 6.04 Å². The normalized spacial score (nSPS) is 20.6. The van der Waals surface area contributed by atoms with Gasteiger partial charge in [-0.05, 0) is 51.4 Å². The average Bonchev–Trinajstić information content (AvgIpc) is 2.67. The summed E-state index contributed by atoms with van der Waals surface area (Å²) in [6, 6.07) is 11.3. The minimum Gasteiger partial charge on any atom is -0.338 e. The Balaban J connectivity index is 1.31. The molecular formula is C20H32N4O. The number of piperazine rings is 1. The van der Waals surface area contributed by atoms with Gasteiger partial charge in [-0.15, -0.1) is 0 Å². The molecule has 138 valence electrons. The second-order valence-corrected chi connectivity index (χ2v) is 7.38. The number of urea groups is 1. The Bertz CT molecular complexity index is 520. The number of piperidine rings is 1. The number of amides is 2. The van der Waals surface area contributed by atoms with E-state index >= 15 is 0 Å². The number of aryl methyl sites for hydroxylation is 1. The number of benzene rings is 1.